The minimum Gasteiger partial charge on any atom is -0.327 e. The van der Waals surface area contributed by atoms with Crippen LogP contribution in [0, 0.1) is 0 Å². The molecule has 0 spiro atoms. The van der Waals surface area contributed by atoms with Gasteiger partial charge in [-0.1, -0.05) is 41.4 Å². The molecule has 0 bridgehead atoms. The van der Waals surface area contributed by atoms with Crippen LogP contribution in [0.2, 0.25) is 10.0 Å². The molecular formula is C15H13Cl2N3. The molecule has 0 fully saturated rings. The smallest absolute Gasteiger partial charge is 0.142 e. The summed E-state index contributed by atoms with van der Waals surface area (Å²) in [4.78, 5) is 4.70. The molecule has 1 heterocycles. The van der Waals surface area contributed by atoms with Crippen molar-refractivity contribution in [2.75, 3.05) is 0 Å². The molecule has 0 atom stereocenters. The molecule has 0 aliphatic carbocycles. The van der Waals surface area contributed by atoms with Gasteiger partial charge in [0.2, 0.25) is 0 Å². The van der Waals surface area contributed by atoms with Gasteiger partial charge in [-0.05, 0) is 23.8 Å². The molecule has 1 aromatic heterocycles. The molecule has 2 N–H and O–H groups in total. The van der Waals surface area contributed by atoms with E-state index in [0.29, 0.717) is 16.6 Å². The molecule has 0 radical (unpaired) electrons. The standard InChI is InChI=1S/C15H13Cl2N3/c1-20-12-7-2-4-9(8-18)14(12)19-15(20)10-5-3-6-11(16)13(10)17/h2-7H,8,18H2,1H3. The van der Waals surface area contributed by atoms with E-state index in [9.17, 15) is 0 Å². The highest BCUT2D eigenvalue weighted by Gasteiger charge is 2.15. The molecule has 0 saturated heterocycles. The Kier molecular flexibility index (Phi) is 3.42. The van der Waals surface area contributed by atoms with Gasteiger partial charge in [-0.25, -0.2) is 4.98 Å². The van der Waals surface area contributed by atoms with Crippen LogP contribution in [0.25, 0.3) is 22.4 Å². The molecule has 0 aliphatic rings. The minimum absolute atomic E-state index is 0.455. The van der Waals surface area contributed by atoms with Crippen LogP contribution in [0.4, 0.5) is 0 Å². The van der Waals surface area contributed by atoms with Gasteiger partial charge in [-0.15, -0.1) is 0 Å². The molecule has 0 saturated carbocycles. The topological polar surface area (TPSA) is 43.8 Å². The molecule has 3 rings (SSSR count). The molecule has 3 aromatic rings. The zero-order valence-electron chi connectivity index (χ0n) is 10.9. The molecule has 0 aliphatic heterocycles. The first-order valence-electron chi connectivity index (χ1n) is 6.22. The average Bonchev–Trinajstić information content (AvgIpc) is 2.79. The van der Waals surface area contributed by atoms with Crippen molar-refractivity contribution < 1.29 is 0 Å². The third-order valence-electron chi connectivity index (χ3n) is 3.41. The molecule has 5 heteroatoms. The second kappa shape index (κ2) is 5.09. The van der Waals surface area contributed by atoms with Crippen molar-refractivity contribution in [3.05, 3.63) is 52.0 Å². The molecule has 3 nitrogen and oxygen atoms in total. The molecular weight excluding hydrogens is 293 g/mol. The fourth-order valence-electron chi connectivity index (χ4n) is 2.35. The van der Waals surface area contributed by atoms with Gasteiger partial charge in [0.15, 0.2) is 0 Å². The van der Waals surface area contributed by atoms with Crippen LogP contribution in [0.1, 0.15) is 5.56 Å². The maximum atomic E-state index is 6.29. The van der Waals surface area contributed by atoms with Gasteiger partial charge in [0.1, 0.15) is 5.82 Å². The lowest BCUT2D eigenvalue weighted by molar-refractivity contribution is 0.959. The average molecular weight is 306 g/mol. The van der Waals surface area contributed by atoms with E-state index in [1.165, 1.54) is 0 Å². The van der Waals surface area contributed by atoms with Crippen molar-refractivity contribution in [2.45, 2.75) is 6.54 Å². The van der Waals surface area contributed by atoms with Crippen molar-refractivity contribution in [1.29, 1.82) is 0 Å². The number of hydrogen-bond acceptors (Lipinski definition) is 2. The van der Waals surface area contributed by atoms with Crippen molar-refractivity contribution in [1.82, 2.24) is 9.55 Å². The predicted octanol–water partition coefficient (Wildman–Crippen LogP) is 4.01. The van der Waals surface area contributed by atoms with Gasteiger partial charge in [-0.3, -0.25) is 0 Å². The molecule has 0 unspecified atom stereocenters. The number of aryl methyl sites for hydroxylation is 1. The van der Waals surface area contributed by atoms with E-state index in [4.69, 9.17) is 33.9 Å². The maximum Gasteiger partial charge on any atom is 0.142 e. The Bertz CT molecular complexity index is 793. The molecule has 0 amide bonds. The zero-order chi connectivity index (χ0) is 14.3. The number of para-hydroxylation sites is 1. The quantitative estimate of drug-likeness (QED) is 0.777. The summed E-state index contributed by atoms with van der Waals surface area (Å²) in [6.07, 6.45) is 0. The number of halogens is 2. The summed E-state index contributed by atoms with van der Waals surface area (Å²) in [6, 6.07) is 11.5. The third kappa shape index (κ3) is 1.99. The van der Waals surface area contributed by atoms with Crippen LogP contribution in [-0.4, -0.2) is 9.55 Å². The van der Waals surface area contributed by atoms with Gasteiger partial charge in [0.25, 0.3) is 0 Å². The van der Waals surface area contributed by atoms with Gasteiger partial charge in [0, 0.05) is 19.2 Å². The summed E-state index contributed by atoms with van der Waals surface area (Å²) in [5, 5.41) is 1.04. The second-order valence-corrected chi connectivity index (χ2v) is 5.37. The lowest BCUT2D eigenvalue weighted by Gasteiger charge is -2.05. The number of benzene rings is 2. The van der Waals surface area contributed by atoms with Gasteiger partial charge in [0.05, 0.1) is 21.1 Å². The number of fused-ring (bicyclic) bond motifs is 1. The Morgan fingerprint density at radius 1 is 1.15 bits per heavy atom. The highest BCUT2D eigenvalue weighted by Crippen LogP contribution is 2.34. The Labute approximate surface area is 126 Å². The number of rotatable bonds is 2. The Hall–Kier alpha value is -1.55. The summed E-state index contributed by atoms with van der Waals surface area (Å²) in [7, 11) is 1.96. The largest absolute Gasteiger partial charge is 0.327 e. The summed E-state index contributed by atoms with van der Waals surface area (Å²) in [5.41, 5.74) is 9.54. The van der Waals surface area contributed by atoms with E-state index in [1.807, 2.05) is 41.9 Å². The fraction of sp³-hybridized carbons (Fsp3) is 0.133. The molecule has 2 aromatic carbocycles. The van der Waals surface area contributed by atoms with E-state index in [-0.39, 0.29) is 0 Å². The third-order valence-corrected chi connectivity index (χ3v) is 4.23. The molecule has 20 heavy (non-hydrogen) atoms. The number of hydrogen-bond donors (Lipinski definition) is 1. The predicted molar refractivity (Wildman–Crippen MR) is 84.1 cm³/mol. The van der Waals surface area contributed by atoms with Gasteiger partial charge < -0.3 is 10.3 Å². The Morgan fingerprint density at radius 3 is 2.65 bits per heavy atom. The Morgan fingerprint density at radius 2 is 1.90 bits per heavy atom. The highest BCUT2D eigenvalue weighted by molar-refractivity contribution is 6.43. The highest BCUT2D eigenvalue weighted by atomic mass is 35.5. The van der Waals surface area contributed by atoms with Crippen LogP contribution < -0.4 is 5.73 Å². The van der Waals surface area contributed by atoms with Crippen LogP contribution in [0.5, 0.6) is 0 Å². The number of aromatic nitrogens is 2. The lowest BCUT2D eigenvalue weighted by Crippen LogP contribution is -1.97. The van der Waals surface area contributed by atoms with Crippen molar-refractivity contribution >= 4 is 34.2 Å². The van der Waals surface area contributed by atoms with Crippen molar-refractivity contribution in [3.63, 3.8) is 0 Å². The minimum atomic E-state index is 0.455. The lowest BCUT2D eigenvalue weighted by atomic mass is 10.2. The number of nitrogens with two attached hydrogens (primary N) is 1. The summed E-state index contributed by atoms with van der Waals surface area (Å²) >= 11 is 12.4. The summed E-state index contributed by atoms with van der Waals surface area (Å²) in [5.74, 6) is 0.786. The molecule has 102 valence electrons. The van der Waals surface area contributed by atoms with Crippen LogP contribution >= 0.6 is 23.2 Å². The number of imidazole rings is 1. The van der Waals surface area contributed by atoms with Crippen molar-refractivity contribution in [2.24, 2.45) is 12.8 Å². The first-order valence-corrected chi connectivity index (χ1v) is 6.98. The van der Waals surface area contributed by atoms with E-state index < -0.39 is 0 Å². The summed E-state index contributed by atoms with van der Waals surface area (Å²) < 4.78 is 2.01. The van der Waals surface area contributed by atoms with Crippen LogP contribution in [0.15, 0.2) is 36.4 Å². The van der Waals surface area contributed by atoms with Gasteiger partial charge >= 0.3 is 0 Å². The van der Waals surface area contributed by atoms with E-state index >= 15 is 0 Å². The SMILES string of the molecule is Cn1c(-c2cccc(Cl)c2Cl)nc2c(CN)cccc21. The first kappa shape index (κ1) is 13.4. The number of nitrogens with zero attached hydrogens (tertiary/aromatic N) is 2. The van der Waals surface area contributed by atoms with E-state index in [2.05, 4.69) is 0 Å². The zero-order valence-corrected chi connectivity index (χ0v) is 12.4. The van der Waals surface area contributed by atoms with Crippen LogP contribution in [-0.2, 0) is 13.6 Å². The normalized spacial score (nSPS) is 11.2. The van der Waals surface area contributed by atoms with E-state index in [0.717, 1.165) is 28.0 Å². The first-order chi connectivity index (χ1) is 9.63. The van der Waals surface area contributed by atoms with E-state index in [1.54, 1.807) is 6.07 Å². The van der Waals surface area contributed by atoms with Gasteiger partial charge in [-0.2, -0.15) is 0 Å². The maximum absolute atomic E-state index is 6.29. The Balaban J connectivity index is 2.32. The fourth-order valence-corrected chi connectivity index (χ4v) is 2.74. The summed E-state index contributed by atoms with van der Waals surface area (Å²) in [6.45, 7) is 0.455. The second-order valence-electron chi connectivity index (χ2n) is 4.58. The van der Waals surface area contributed by atoms with Crippen molar-refractivity contribution in [3.8, 4) is 11.4 Å². The van der Waals surface area contributed by atoms with Crippen LogP contribution in [0.3, 0.4) is 0 Å². The monoisotopic (exact) mass is 305 g/mol.